The number of benzene rings is 2. The first-order valence-electron chi connectivity index (χ1n) is 7.55. The van der Waals surface area contributed by atoms with Gasteiger partial charge in [0, 0.05) is 36.8 Å². The van der Waals surface area contributed by atoms with E-state index in [2.05, 4.69) is 17.0 Å². The first-order valence-corrected chi connectivity index (χ1v) is 10.2. The van der Waals surface area contributed by atoms with Crippen molar-refractivity contribution >= 4 is 27.5 Å². The van der Waals surface area contributed by atoms with Crippen LogP contribution in [0.4, 0.5) is 5.69 Å². The Morgan fingerprint density at radius 2 is 1.48 bits per heavy atom. The standard InChI is InChI=1S/C17H20N2O2S2/c1-22-16-7-9-17(10-8-16)23(20,21)19-13-11-18(12-14-19)15-5-3-2-4-6-15/h2-10H,11-14H2,1H3. The van der Waals surface area contributed by atoms with Crippen molar-refractivity contribution in [2.75, 3.05) is 37.3 Å². The molecule has 1 aliphatic heterocycles. The van der Waals surface area contributed by atoms with E-state index in [1.807, 2.05) is 36.6 Å². The highest BCUT2D eigenvalue weighted by molar-refractivity contribution is 7.98. The van der Waals surface area contributed by atoms with Gasteiger partial charge in [-0.15, -0.1) is 11.8 Å². The van der Waals surface area contributed by atoms with Crippen LogP contribution in [-0.4, -0.2) is 45.2 Å². The van der Waals surface area contributed by atoms with Crippen molar-refractivity contribution in [3.05, 3.63) is 54.6 Å². The lowest BCUT2D eigenvalue weighted by Crippen LogP contribution is -2.48. The number of hydrogen-bond acceptors (Lipinski definition) is 4. The summed E-state index contributed by atoms with van der Waals surface area (Å²) in [4.78, 5) is 3.67. The predicted octanol–water partition coefficient (Wildman–Crippen LogP) is 2.92. The Balaban J connectivity index is 1.70. The van der Waals surface area contributed by atoms with Crippen molar-refractivity contribution < 1.29 is 8.42 Å². The Kier molecular flexibility index (Phi) is 4.94. The molecule has 23 heavy (non-hydrogen) atoms. The fourth-order valence-corrected chi connectivity index (χ4v) is 4.55. The van der Waals surface area contributed by atoms with E-state index in [0.29, 0.717) is 31.1 Å². The van der Waals surface area contributed by atoms with E-state index in [-0.39, 0.29) is 0 Å². The fraction of sp³-hybridized carbons (Fsp3) is 0.294. The summed E-state index contributed by atoms with van der Waals surface area (Å²) < 4.78 is 27.0. The van der Waals surface area contributed by atoms with E-state index < -0.39 is 10.0 Å². The van der Waals surface area contributed by atoms with Gasteiger partial charge in [0.15, 0.2) is 0 Å². The van der Waals surface area contributed by atoms with Gasteiger partial charge in [0.25, 0.3) is 0 Å². The Bertz CT molecular complexity index is 738. The van der Waals surface area contributed by atoms with Gasteiger partial charge in [0.05, 0.1) is 4.90 Å². The van der Waals surface area contributed by atoms with E-state index in [1.165, 1.54) is 0 Å². The molecule has 3 rings (SSSR count). The van der Waals surface area contributed by atoms with Gasteiger partial charge in [0.2, 0.25) is 10.0 Å². The second kappa shape index (κ2) is 6.95. The van der Waals surface area contributed by atoms with E-state index in [9.17, 15) is 8.42 Å². The molecule has 1 fully saturated rings. The van der Waals surface area contributed by atoms with Crippen molar-refractivity contribution in [1.29, 1.82) is 0 Å². The molecule has 1 heterocycles. The third-order valence-electron chi connectivity index (χ3n) is 4.06. The molecule has 0 spiro atoms. The van der Waals surface area contributed by atoms with Gasteiger partial charge in [0.1, 0.15) is 0 Å². The van der Waals surface area contributed by atoms with Gasteiger partial charge in [-0.25, -0.2) is 8.42 Å². The van der Waals surface area contributed by atoms with E-state index >= 15 is 0 Å². The highest BCUT2D eigenvalue weighted by Gasteiger charge is 2.28. The molecule has 1 saturated heterocycles. The molecule has 0 unspecified atom stereocenters. The maximum absolute atomic E-state index is 12.7. The van der Waals surface area contributed by atoms with Crippen molar-refractivity contribution in [3.8, 4) is 0 Å². The molecule has 122 valence electrons. The number of para-hydroxylation sites is 1. The molecular weight excluding hydrogens is 328 g/mol. The molecule has 0 atom stereocenters. The van der Waals surface area contributed by atoms with Crippen LogP contribution in [0.25, 0.3) is 0 Å². The van der Waals surface area contributed by atoms with Crippen molar-refractivity contribution in [1.82, 2.24) is 4.31 Å². The molecular formula is C17H20N2O2S2. The maximum atomic E-state index is 12.7. The molecule has 4 nitrogen and oxygen atoms in total. The number of hydrogen-bond donors (Lipinski definition) is 0. The van der Waals surface area contributed by atoms with Gasteiger partial charge in [-0.1, -0.05) is 18.2 Å². The summed E-state index contributed by atoms with van der Waals surface area (Å²) in [5.74, 6) is 0. The molecule has 0 aromatic heterocycles. The molecule has 0 N–H and O–H groups in total. The smallest absolute Gasteiger partial charge is 0.243 e. The number of thioether (sulfide) groups is 1. The minimum atomic E-state index is -3.40. The van der Waals surface area contributed by atoms with Gasteiger partial charge in [-0.05, 0) is 42.7 Å². The average Bonchev–Trinajstić information content (AvgIpc) is 2.62. The second-order valence-corrected chi connectivity index (χ2v) is 8.22. The van der Waals surface area contributed by atoms with Crippen molar-refractivity contribution in [3.63, 3.8) is 0 Å². The SMILES string of the molecule is CSc1ccc(S(=O)(=O)N2CCN(c3ccccc3)CC2)cc1. The summed E-state index contributed by atoms with van der Waals surface area (Å²) in [6.07, 6.45) is 1.98. The van der Waals surface area contributed by atoms with E-state index in [1.54, 1.807) is 28.2 Å². The van der Waals surface area contributed by atoms with Gasteiger partial charge in [-0.2, -0.15) is 4.31 Å². The number of nitrogens with zero attached hydrogens (tertiary/aromatic N) is 2. The lowest BCUT2D eigenvalue weighted by Gasteiger charge is -2.35. The molecule has 0 radical (unpaired) electrons. The van der Waals surface area contributed by atoms with Crippen LogP contribution < -0.4 is 4.90 Å². The molecule has 2 aromatic rings. The summed E-state index contributed by atoms with van der Waals surface area (Å²) >= 11 is 1.61. The van der Waals surface area contributed by atoms with E-state index in [0.717, 1.165) is 10.6 Å². The third-order valence-corrected chi connectivity index (χ3v) is 6.71. The summed E-state index contributed by atoms with van der Waals surface area (Å²) in [6.45, 7) is 2.46. The zero-order valence-electron chi connectivity index (χ0n) is 13.1. The van der Waals surface area contributed by atoms with Gasteiger partial charge in [-0.3, -0.25) is 0 Å². The third kappa shape index (κ3) is 3.54. The van der Waals surface area contributed by atoms with Gasteiger partial charge >= 0.3 is 0 Å². The number of anilines is 1. The Morgan fingerprint density at radius 3 is 2.04 bits per heavy atom. The van der Waals surface area contributed by atoms with Crippen LogP contribution in [0.3, 0.4) is 0 Å². The quantitative estimate of drug-likeness (QED) is 0.797. The average molecular weight is 348 g/mol. The zero-order valence-corrected chi connectivity index (χ0v) is 14.7. The number of piperazine rings is 1. The molecule has 1 aliphatic rings. The largest absolute Gasteiger partial charge is 0.369 e. The molecule has 0 saturated carbocycles. The number of rotatable bonds is 4. The summed E-state index contributed by atoms with van der Waals surface area (Å²) in [6, 6.07) is 17.2. The monoisotopic (exact) mass is 348 g/mol. The van der Waals surface area contributed by atoms with Crippen LogP contribution in [0.2, 0.25) is 0 Å². The Hall–Kier alpha value is -1.50. The normalized spacial score (nSPS) is 16.5. The summed E-state index contributed by atoms with van der Waals surface area (Å²) in [7, 11) is -3.40. The van der Waals surface area contributed by atoms with Crippen LogP contribution >= 0.6 is 11.8 Å². The van der Waals surface area contributed by atoms with Crippen LogP contribution in [0.15, 0.2) is 64.4 Å². The second-order valence-electron chi connectivity index (χ2n) is 5.40. The molecule has 2 aromatic carbocycles. The lowest BCUT2D eigenvalue weighted by atomic mass is 10.2. The van der Waals surface area contributed by atoms with Crippen molar-refractivity contribution in [2.45, 2.75) is 9.79 Å². The fourth-order valence-electron chi connectivity index (χ4n) is 2.72. The minimum absolute atomic E-state index is 0.378. The summed E-state index contributed by atoms with van der Waals surface area (Å²) in [5.41, 5.74) is 1.15. The van der Waals surface area contributed by atoms with Gasteiger partial charge < -0.3 is 4.90 Å². The van der Waals surface area contributed by atoms with Crippen LogP contribution in [0.5, 0.6) is 0 Å². The summed E-state index contributed by atoms with van der Waals surface area (Å²) in [5, 5.41) is 0. The highest BCUT2D eigenvalue weighted by atomic mass is 32.2. The Morgan fingerprint density at radius 1 is 0.870 bits per heavy atom. The first-order chi connectivity index (χ1) is 11.1. The Labute approximate surface area is 142 Å². The minimum Gasteiger partial charge on any atom is -0.369 e. The maximum Gasteiger partial charge on any atom is 0.243 e. The van der Waals surface area contributed by atoms with Crippen molar-refractivity contribution in [2.24, 2.45) is 0 Å². The molecule has 0 aliphatic carbocycles. The number of sulfonamides is 1. The topological polar surface area (TPSA) is 40.6 Å². The lowest BCUT2D eigenvalue weighted by molar-refractivity contribution is 0.385. The molecule has 0 amide bonds. The zero-order chi connectivity index (χ0) is 16.3. The van der Waals surface area contributed by atoms with E-state index in [4.69, 9.17) is 0 Å². The van der Waals surface area contributed by atoms with Crippen LogP contribution in [0.1, 0.15) is 0 Å². The van der Waals surface area contributed by atoms with Crippen LogP contribution in [-0.2, 0) is 10.0 Å². The van der Waals surface area contributed by atoms with Crippen LogP contribution in [0, 0.1) is 0 Å². The molecule has 6 heteroatoms. The predicted molar refractivity (Wildman–Crippen MR) is 95.6 cm³/mol. The highest BCUT2D eigenvalue weighted by Crippen LogP contribution is 2.23. The first kappa shape index (κ1) is 16.4. The molecule has 0 bridgehead atoms.